The number of nitrogens with two attached hydrogens (primary N) is 1. The molecule has 1 atom stereocenters. The third-order valence-corrected chi connectivity index (χ3v) is 3.52. The summed E-state index contributed by atoms with van der Waals surface area (Å²) in [7, 11) is 0. The van der Waals surface area contributed by atoms with E-state index in [1.54, 1.807) is 0 Å². The molecule has 2 rings (SSSR count). The highest BCUT2D eigenvalue weighted by Crippen LogP contribution is 2.16. The van der Waals surface area contributed by atoms with Gasteiger partial charge in [0.2, 0.25) is 5.91 Å². The van der Waals surface area contributed by atoms with E-state index in [4.69, 9.17) is 10.5 Å². The number of nitrogens with one attached hydrogen (secondary N) is 1. The SMILES string of the molecule is NC(=O)C1COCCN1CC1CCNCC1. The minimum Gasteiger partial charge on any atom is -0.378 e. The molecule has 1 amide bonds. The van der Waals surface area contributed by atoms with Crippen LogP contribution in [0.25, 0.3) is 0 Å². The molecule has 0 aromatic heterocycles. The second-order valence-electron chi connectivity index (χ2n) is 4.68. The summed E-state index contributed by atoms with van der Waals surface area (Å²) >= 11 is 0. The second kappa shape index (κ2) is 5.61. The fourth-order valence-electron chi connectivity index (χ4n) is 2.51. The molecule has 0 aromatic carbocycles. The summed E-state index contributed by atoms with van der Waals surface area (Å²) in [5, 5.41) is 3.35. The summed E-state index contributed by atoms with van der Waals surface area (Å²) in [5.41, 5.74) is 5.39. The van der Waals surface area contributed by atoms with E-state index in [0.717, 1.165) is 32.8 Å². The van der Waals surface area contributed by atoms with E-state index < -0.39 is 0 Å². The van der Waals surface area contributed by atoms with Crippen molar-refractivity contribution in [2.45, 2.75) is 18.9 Å². The third-order valence-electron chi connectivity index (χ3n) is 3.52. The minimum absolute atomic E-state index is 0.219. The lowest BCUT2D eigenvalue weighted by Gasteiger charge is -2.37. The maximum Gasteiger partial charge on any atom is 0.237 e. The number of ether oxygens (including phenoxy) is 1. The van der Waals surface area contributed by atoms with Gasteiger partial charge in [0.05, 0.1) is 13.2 Å². The first-order chi connectivity index (χ1) is 7.77. The molecule has 0 aliphatic carbocycles. The van der Waals surface area contributed by atoms with Gasteiger partial charge in [0.1, 0.15) is 6.04 Å². The van der Waals surface area contributed by atoms with Crippen molar-refractivity contribution < 1.29 is 9.53 Å². The third kappa shape index (κ3) is 2.93. The first kappa shape index (κ1) is 11.8. The number of rotatable bonds is 3. The van der Waals surface area contributed by atoms with Crippen molar-refractivity contribution in [1.29, 1.82) is 0 Å². The van der Waals surface area contributed by atoms with Gasteiger partial charge < -0.3 is 15.8 Å². The molecule has 92 valence electrons. The molecular weight excluding hydrogens is 206 g/mol. The zero-order valence-electron chi connectivity index (χ0n) is 9.65. The van der Waals surface area contributed by atoms with Gasteiger partial charge >= 0.3 is 0 Å². The first-order valence-corrected chi connectivity index (χ1v) is 6.09. The van der Waals surface area contributed by atoms with Crippen molar-refractivity contribution in [3.05, 3.63) is 0 Å². The second-order valence-corrected chi connectivity index (χ2v) is 4.68. The Morgan fingerprint density at radius 1 is 1.44 bits per heavy atom. The van der Waals surface area contributed by atoms with E-state index >= 15 is 0 Å². The minimum atomic E-state index is -0.256. The molecule has 5 heteroatoms. The van der Waals surface area contributed by atoms with Gasteiger partial charge in [-0.25, -0.2) is 0 Å². The molecule has 2 aliphatic heterocycles. The predicted octanol–water partition coefficient (Wildman–Crippen LogP) is -0.828. The van der Waals surface area contributed by atoms with E-state index in [9.17, 15) is 4.79 Å². The molecule has 0 spiro atoms. The van der Waals surface area contributed by atoms with Crippen molar-refractivity contribution in [2.75, 3.05) is 39.4 Å². The summed E-state index contributed by atoms with van der Waals surface area (Å²) in [4.78, 5) is 13.5. The highest BCUT2D eigenvalue weighted by atomic mass is 16.5. The van der Waals surface area contributed by atoms with Gasteiger partial charge in [-0.1, -0.05) is 0 Å². The van der Waals surface area contributed by atoms with Crippen LogP contribution in [-0.2, 0) is 9.53 Å². The molecule has 0 saturated carbocycles. The van der Waals surface area contributed by atoms with Crippen molar-refractivity contribution in [3.8, 4) is 0 Å². The normalized spacial score (nSPS) is 29.1. The quantitative estimate of drug-likeness (QED) is 0.660. The lowest BCUT2D eigenvalue weighted by Crippen LogP contribution is -2.54. The Morgan fingerprint density at radius 3 is 2.88 bits per heavy atom. The van der Waals surface area contributed by atoms with Crippen LogP contribution in [0.4, 0.5) is 0 Å². The van der Waals surface area contributed by atoms with E-state index in [1.165, 1.54) is 12.8 Å². The van der Waals surface area contributed by atoms with Gasteiger partial charge in [0.25, 0.3) is 0 Å². The van der Waals surface area contributed by atoms with Gasteiger partial charge in [-0.3, -0.25) is 9.69 Å². The largest absolute Gasteiger partial charge is 0.378 e. The molecule has 2 saturated heterocycles. The van der Waals surface area contributed by atoms with Crippen LogP contribution in [-0.4, -0.2) is 56.2 Å². The molecule has 2 heterocycles. The smallest absolute Gasteiger partial charge is 0.237 e. The molecule has 5 nitrogen and oxygen atoms in total. The monoisotopic (exact) mass is 227 g/mol. The zero-order chi connectivity index (χ0) is 11.4. The van der Waals surface area contributed by atoms with E-state index in [0.29, 0.717) is 12.5 Å². The van der Waals surface area contributed by atoms with Crippen LogP contribution in [0.1, 0.15) is 12.8 Å². The lowest BCUT2D eigenvalue weighted by atomic mass is 9.96. The lowest BCUT2D eigenvalue weighted by molar-refractivity contribution is -0.129. The Bertz CT molecular complexity index is 241. The van der Waals surface area contributed by atoms with Crippen molar-refractivity contribution >= 4 is 5.91 Å². The van der Waals surface area contributed by atoms with Crippen LogP contribution in [0.5, 0.6) is 0 Å². The average molecular weight is 227 g/mol. The van der Waals surface area contributed by atoms with Crippen molar-refractivity contribution in [1.82, 2.24) is 10.2 Å². The first-order valence-electron chi connectivity index (χ1n) is 6.09. The molecule has 0 radical (unpaired) electrons. The van der Waals surface area contributed by atoms with Crippen LogP contribution in [0.3, 0.4) is 0 Å². The van der Waals surface area contributed by atoms with Crippen LogP contribution < -0.4 is 11.1 Å². The zero-order valence-corrected chi connectivity index (χ0v) is 9.65. The van der Waals surface area contributed by atoms with E-state index in [2.05, 4.69) is 10.2 Å². The standard InChI is InChI=1S/C11H21N3O2/c12-11(15)10-8-16-6-5-14(10)7-9-1-3-13-4-2-9/h9-10,13H,1-8H2,(H2,12,15). The highest BCUT2D eigenvalue weighted by Gasteiger charge is 2.29. The number of hydrogen-bond donors (Lipinski definition) is 2. The van der Waals surface area contributed by atoms with Gasteiger partial charge in [0, 0.05) is 13.1 Å². The Labute approximate surface area is 96.3 Å². The number of morpholine rings is 1. The van der Waals surface area contributed by atoms with E-state index in [-0.39, 0.29) is 11.9 Å². The number of hydrogen-bond acceptors (Lipinski definition) is 4. The number of nitrogens with zero attached hydrogens (tertiary/aromatic N) is 1. The fourth-order valence-corrected chi connectivity index (χ4v) is 2.51. The molecule has 0 aromatic rings. The molecule has 16 heavy (non-hydrogen) atoms. The Morgan fingerprint density at radius 2 is 2.19 bits per heavy atom. The Kier molecular flexibility index (Phi) is 4.15. The average Bonchev–Trinajstić information content (AvgIpc) is 2.31. The number of amides is 1. The molecule has 2 aliphatic rings. The van der Waals surface area contributed by atoms with Crippen LogP contribution in [0, 0.1) is 5.92 Å². The van der Waals surface area contributed by atoms with E-state index in [1.807, 2.05) is 0 Å². The summed E-state index contributed by atoms with van der Waals surface area (Å²) in [6.07, 6.45) is 2.39. The van der Waals surface area contributed by atoms with Crippen LogP contribution in [0.2, 0.25) is 0 Å². The fraction of sp³-hybridized carbons (Fsp3) is 0.909. The topological polar surface area (TPSA) is 67.6 Å². The number of primary amides is 1. The maximum absolute atomic E-state index is 11.3. The van der Waals surface area contributed by atoms with Gasteiger partial charge in [-0.15, -0.1) is 0 Å². The van der Waals surface area contributed by atoms with Crippen molar-refractivity contribution in [2.24, 2.45) is 11.7 Å². The van der Waals surface area contributed by atoms with Crippen LogP contribution >= 0.6 is 0 Å². The highest BCUT2D eigenvalue weighted by molar-refractivity contribution is 5.80. The maximum atomic E-state index is 11.3. The molecule has 2 fully saturated rings. The summed E-state index contributed by atoms with van der Waals surface area (Å²) in [6.45, 7) is 5.18. The predicted molar refractivity (Wildman–Crippen MR) is 61.0 cm³/mol. The number of carbonyl (C=O) groups is 1. The Balaban J connectivity index is 1.87. The number of piperidine rings is 1. The van der Waals surface area contributed by atoms with Gasteiger partial charge in [-0.05, 0) is 31.8 Å². The van der Waals surface area contributed by atoms with Crippen molar-refractivity contribution in [3.63, 3.8) is 0 Å². The van der Waals surface area contributed by atoms with Crippen LogP contribution in [0.15, 0.2) is 0 Å². The Hall–Kier alpha value is -0.650. The molecule has 1 unspecified atom stereocenters. The molecule has 3 N–H and O–H groups in total. The summed E-state index contributed by atoms with van der Waals surface area (Å²) in [6, 6.07) is -0.219. The van der Waals surface area contributed by atoms with Gasteiger partial charge in [0.15, 0.2) is 0 Å². The molecule has 0 bridgehead atoms. The summed E-state index contributed by atoms with van der Waals surface area (Å²) in [5.74, 6) is 0.440. The summed E-state index contributed by atoms with van der Waals surface area (Å²) < 4.78 is 5.31. The van der Waals surface area contributed by atoms with Gasteiger partial charge in [-0.2, -0.15) is 0 Å². The molecular formula is C11H21N3O2. The number of carbonyl (C=O) groups excluding carboxylic acids is 1.